The number of hydrogen-bond acceptors (Lipinski definition) is 6. The average Bonchev–Trinajstić information content (AvgIpc) is 3.08. The number of nitrogens with one attached hydrogen (secondary N) is 2. The summed E-state index contributed by atoms with van der Waals surface area (Å²) in [5.74, 6) is -1.45. The molecular weight excluding hydrogens is 485 g/mol. The third kappa shape index (κ3) is 7.36. The zero-order valence-corrected chi connectivity index (χ0v) is 22.9. The summed E-state index contributed by atoms with van der Waals surface area (Å²) in [6.45, 7) is 11.6. The SMILES string of the molecule is CC(C)[C@H](NC(=O)OCc1ccccc1)C(=O)N[C@@H](Cc1ccc(B2OC(C)(C)C(C)(C)O2)cc1)C(N)=O. The van der Waals surface area contributed by atoms with Crippen LogP contribution in [0.5, 0.6) is 0 Å². The standard InChI is InChI=1S/C28H38BN3O6/c1-18(2)23(32-26(35)36-17-20-10-8-7-9-11-20)25(34)31-22(24(30)33)16-19-12-14-21(15-13-19)29-37-27(3,4)28(5,6)38-29/h7-15,18,22-23H,16-17H2,1-6H3,(H2,30,33)(H,31,34)(H,32,35)/t22-,23-/m0/s1. The molecule has 1 aliphatic rings. The van der Waals surface area contributed by atoms with E-state index in [4.69, 9.17) is 19.8 Å². The van der Waals surface area contributed by atoms with Crippen molar-refractivity contribution in [3.05, 3.63) is 65.7 Å². The van der Waals surface area contributed by atoms with E-state index in [-0.39, 0.29) is 18.9 Å². The molecule has 2 aromatic rings. The normalized spacial score (nSPS) is 17.5. The zero-order chi connectivity index (χ0) is 28.1. The van der Waals surface area contributed by atoms with Gasteiger partial charge in [0, 0.05) is 6.42 Å². The van der Waals surface area contributed by atoms with Crippen molar-refractivity contribution in [3.63, 3.8) is 0 Å². The number of hydrogen-bond donors (Lipinski definition) is 3. The topological polar surface area (TPSA) is 129 Å². The van der Waals surface area contributed by atoms with Crippen LogP contribution in [-0.4, -0.2) is 48.3 Å². The minimum absolute atomic E-state index is 0.0743. The Morgan fingerprint density at radius 1 is 0.895 bits per heavy atom. The summed E-state index contributed by atoms with van der Waals surface area (Å²) in [6, 6.07) is 14.8. The fourth-order valence-electron chi connectivity index (χ4n) is 3.94. The number of carbonyl (C=O) groups excluding carboxylic acids is 3. The van der Waals surface area contributed by atoms with Gasteiger partial charge < -0.3 is 30.4 Å². The maximum absolute atomic E-state index is 13.0. The van der Waals surface area contributed by atoms with Gasteiger partial charge >= 0.3 is 13.2 Å². The molecule has 204 valence electrons. The lowest BCUT2D eigenvalue weighted by Gasteiger charge is -2.32. The Bertz CT molecular complexity index is 1110. The van der Waals surface area contributed by atoms with E-state index < -0.39 is 48.3 Å². The summed E-state index contributed by atoms with van der Waals surface area (Å²) in [4.78, 5) is 37.6. The smallest absolute Gasteiger partial charge is 0.445 e. The molecule has 0 spiro atoms. The highest BCUT2D eigenvalue weighted by Crippen LogP contribution is 2.36. The van der Waals surface area contributed by atoms with Crippen molar-refractivity contribution >= 4 is 30.5 Å². The summed E-state index contributed by atoms with van der Waals surface area (Å²) < 4.78 is 17.4. The highest BCUT2D eigenvalue weighted by molar-refractivity contribution is 6.62. The molecular formula is C28H38BN3O6. The number of carbonyl (C=O) groups is 3. The van der Waals surface area contributed by atoms with Gasteiger partial charge in [0.25, 0.3) is 0 Å². The predicted octanol–water partition coefficient (Wildman–Crippen LogP) is 2.45. The van der Waals surface area contributed by atoms with Crippen molar-refractivity contribution in [2.24, 2.45) is 11.7 Å². The number of nitrogens with two attached hydrogens (primary N) is 1. The number of alkyl carbamates (subject to hydrolysis) is 1. The molecule has 3 rings (SSSR count). The molecule has 0 radical (unpaired) electrons. The van der Waals surface area contributed by atoms with Gasteiger partial charge in [-0.2, -0.15) is 0 Å². The summed E-state index contributed by atoms with van der Waals surface area (Å²) in [7, 11) is -0.500. The molecule has 0 bridgehead atoms. The number of benzene rings is 2. The van der Waals surface area contributed by atoms with Gasteiger partial charge in [0.2, 0.25) is 11.8 Å². The van der Waals surface area contributed by atoms with Crippen LogP contribution in [0, 0.1) is 5.92 Å². The van der Waals surface area contributed by atoms with E-state index in [1.807, 2.05) is 82.3 Å². The third-order valence-corrected chi connectivity index (χ3v) is 7.04. The van der Waals surface area contributed by atoms with Crippen LogP contribution < -0.4 is 21.8 Å². The third-order valence-electron chi connectivity index (χ3n) is 7.04. The first-order valence-electron chi connectivity index (χ1n) is 12.8. The average molecular weight is 523 g/mol. The predicted molar refractivity (Wildman–Crippen MR) is 145 cm³/mol. The monoisotopic (exact) mass is 523 g/mol. The molecule has 1 fully saturated rings. The highest BCUT2D eigenvalue weighted by atomic mass is 16.7. The van der Waals surface area contributed by atoms with Crippen LogP contribution in [0.2, 0.25) is 0 Å². The zero-order valence-electron chi connectivity index (χ0n) is 22.9. The lowest BCUT2D eigenvalue weighted by Crippen LogP contribution is -2.55. The largest absolute Gasteiger partial charge is 0.494 e. The quantitative estimate of drug-likeness (QED) is 0.411. The summed E-state index contributed by atoms with van der Waals surface area (Å²) in [5, 5.41) is 5.28. The first-order chi connectivity index (χ1) is 17.8. The molecule has 9 nitrogen and oxygen atoms in total. The molecule has 1 aliphatic heterocycles. The van der Waals surface area contributed by atoms with E-state index in [1.54, 1.807) is 13.8 Å². The molecule has 0 saturated carbocycles. The molecule has 2 aromatic carbocycles. The Labute approximate surface area is 224 Å². The second kappa shape index (κ2) is 12.0. The summed E-state index contributed by atoms with van der Waals surface area (Å²) in [5.41, 5.74) is 7.18. The van der Waals surface area contributed by atoms with Crippen LogP contribution >= 0.6 is 0 Å². The van der Waals surface area contributed by atoms with Gasteiger partial charge in [-0.3, -0.25) is 9.59 Å². The van der Waals surface area contributed by atoms with Gasteiger partial charge in [0.05, 0.1) is 11.2 Å². The van der Waals surface area contributed by atoms with Crippen molar-refractivity contribution < 1.29 is 28.4 Å². The van der Waals surface area contributed by atoms with E-state index in [1.165, 1.54) is 0 Å². The molecule has 0 unspecified atom stereocenters. The Hall–Kier alpha value is -3.37. The van der Waals surface area contributed by atoms with Crippen LogP contribution in [0.4, 0.5) is 4.79 Å². The number of ether oxygens (including phenoxy) is 1. The highest BCUT2D eigenvalue weighted by Gasteiger charge is 2.51. The fraction of sp³-hybridized carbons (Fsp3) is 0.464. The van der Waals surface area contributed by atoms with Crippen LogP contribution in [0.3, 0.4) is 0 Å². The molecule has 4 N–H and O–H groups in total. The molecule has 1 heterocycles. The van der Waals surface area contributed by atoms with Gasteiger partial charge in [0.15, 0.2) is 0 Å². The van der Waals surface area contributed by atoms with Gasteiger partial charge in [-0.25, -0.2) is 4.79 Å². The van der Waals surface area contributed by atoms with Crippen LogP contribution in [0.25, 0.3) is 0 Å². The second-order valence-electron chi connectivity index (χ2n) is 10.9. The Kier molecular flexibility index (Phi) is 9.22. The van der Waals surface area contributed by atoms with E-state index in [0.717, 1.165) is 16.6 Å². The summed E-state index contributed by atoms with van der Waals surface area (Å²) in [6.07, 6.45) is -0.537. The molecule has 1 saturated heterocycles. The van der Waals surface area contributed by atoms with E-state index in [0.29, 0.717) is 0 Å². The van der Waals surface area contributed by atoms with Gasteiger partial charge in [-0.15, -0.1) is 0 Å². The van der Waals surface area contributed by atoms with Crippen molar-refractivity contribution in [2.45, 2.75) is 77.9 Å². The van der Waals surface area contributed by atoms with Crippen molar-refractivity contribution in [1.82, 2.24) is 10.6 Å². The van der Waals surface area contributed by atoms with Gasteiger partial charge in [-0.05, 0) is 50.2 Å². The molecule has 10 heteroatoms. The Balaban J connectivity index is 1.60. The Morgan fingerprint density at radius 3 is 2.00 bits per heavy atom. The number of primary amides is 1. The number of rotatable bonds is 10. The Morgan fingerprint density at radius 2 is 1.47 bits per heavy atom. The first kappa shape index (κ1) is 29.2. The van der Waals surface area contributed by atoms with Crippen molar-refractivity contribution in [1.29, 1.82) is 0 Å². The maximum atomic E-state index is 13.0. The van der Waals surface area contributed by atoms with Gasteiger partial charge in [-0.1, -0.05) is 68.4 Å². The fourth-order valence-corrected chi connectivity index (χ4v) is 3.94. The molecule has 3 amide bonds. The lowest BCUT2D eigenvalue weighted by molar-refractivity contribution is -0.129. The molecule has 38 heavy (non-hydrogen) atoms. The van der Waals surface area contributed by atoms with E-state index in [9.17, 15) is 14.4 Å². The minimum Gasteiger partial charge on any atom is -0.445 e. The van der Waals surface area contributed by atoms with Gasteiger partial charge in [0.1, 0.15) is 18.7 Å². The van der Waals surface area contributed by atoms with E-state index >= 15 is 0 Å². The minimum atomic E-state index is -0.964. The summed E-state index contributed by atoms with van der Waals surface area (Å²) >= 11 is 0. The number of amides is 3. The molecule has 0 aliphatic carbocycles. The molecule has 0 aromatic heterocycles. The van der Waals surface area contributed by atoms with Crippen molar-refractivity contribution in [2.75, 3.05) is 0 Å². The van der Waals surface area contributed by atoms with Crippen LogP contribution in [-0.2, 0) is 36.7 Å². The molecule has 2 atom stereocenters. The van der Waals surface area contributed by atoms with Crippen LogP contribution in [0.1, 0.15) is 52.7 Å². The first-order valence-corrected chi connectivity index (χ1v) is 12.8. The van der Waals surface area contributed by atoms with Crippen LogP contribution in [0.15, 0.2) is 54.6 Å². The second-order valence-corrected chi connectivity index (χ2v) is 10.9. The maximum Gasteiger partial charge on any atom is 0.494 e. The van der Waals surface area contributed by atoms with E-state index in [2.05, 4.69) is 10.6 Å². The van der Waals surface area contributed by atoms with Crippen molar-refractivity contribution in [3.8, 4) is 0 Å². The lowest BCUT2D eigenvalue weighted by atomic mass is 9.78.